The van der Waals surface area contributed by atoms with Crippen LogP contribution in [-0.4, -0.2) is 43.8 Å². The Kier molecular flexibility index (Phi) is 4.61. The van der Waals surface area contributed by atoms with Gasteiger partial charge in [0.2, 0.25) is 0 Å². The number of nitrogens with two attached hydrogens (primary N) is 1. The van der Waals surface area contributed by atoms with Crippen LogP contribution < -0.4 is 11.1 Å². The number of rotatable bonds is 4. The number of nitrogens with zero attached hydrogens (tertiary/aromatic N) is 2. The van der Waals surface area contributed by atoms with Crippen molar-refractivity contribution in [3.8, 4) is 6.07 Å². The Bertz CT molecular complexity index is 469. The minimum atomic E-state index is 0.191. The number of nitrogens with one attached hydrogen (secondary N) is 1. The first-order valence-corrected chi connectivity index (χ1v) is 6.60. The molecule has 0 aliphatic carbocycles. The van der Waals surface area contributed by atoms with Gasteiger partial charge in [0.1, 0.15) is 6.07 Å². The van der Waals surface area contributed by atoms with Crippen LogP contribution in [-0.2, 0) is 4.74 Å². The summed E-state index contributed by atoms with van der Waals surface area (Å²) in [5.41, 5.74) is 7.62. The van der Waals surface area contributed by atoms with Gasteiger partial charge >= 0.3 is 0 Å². The van der Waals surface area contributed by atoms with Gasteiger partial charge in [-0.05, 0) is 24.7 Å². The molecule has 0 saturated carbocycles. The highest BCUT2D eigenvalue weighted by atomic mass is 16.5. The maximum Gasteiger partial charge on any atom is 0.101 e. The molecule has 102 valence electrons. The number of benzene rings is 1. The summed E-state index contributed by atoms with van der Waals surface area (Å²) in [5, 5.41) is 12.2. The molecular formula is C14H20N4O. The van der Waals surface area contributed by atoms with E-state index in [2.05, 4.69) is 23.2 Å². The van der Waals surface area contributed by atoms with Gasteiger partial charge < -0.3 is 15.8 Å². The van der Waals surface area contributed by atoms with E-state index in [1.54, 1.807) is 12.1 Å². The van der Waals surface area contributed by atoms with E-state index in [1.807, 2.05) is 6.07 Å². The molecule has 0 bridgehead atoms. The summed E-state index contributed by atoms with van der Waals surface area (Å²) < 4.78 is 5.72. The van der Waals surface area contributed by atoms with E-state index in [1.165, 1.54) is 0 Å². The number of ether oxygens (including phenoxy) is 1. The zero-order valence-electron chi connectivity index (χ0n) is 11.2. The van der Waals surface area contributed by atoms with Crippen LogP contribution in [0.25, 0.3) is 0 Å². The zero-order valence-corrected chi connectivity index (χ0v) is 11.2. The molecule has 0 radical (unpaired) electrons. The Morgan fingerprint density at radius 2 is 2.42 bits per heavy atom. The number of hydrogen-bond acceptors (Lipinski definition) is 5. The van der Waals surface area contributed by atoms with Gasteiger partial charge in [-0.3, -0.25) is 4.90 Å². The first kappa shape index (κ1) is 13.7. The van der Waals surface area contributed by atoms with Crippen LogP contribution in [0.15, 0.2) is 18.2 Å². The second-order valence-corrected chi connectivity index (χ2v) is 4.68. The molecule has 1 aliphatic rings. The van der Waals surface area contributed by atoms with Crippen molar-refractivity contribution in [1.29, 1.82) is 5.26 Å². The van der Waals surface area contributed by atoms with Crippen molar-refractivity contribution in [2.75, 3.05) is 43.8 Å². The second kappa shape index (κ2) is 6.41. The van der Waals surface area contributed by atoms with Crippen molar-refractivity contribution >= 4 is 11.4 Å². The lowest BCUT2D eigenvalue weighted by Gasteiger charge is -2.32. The molecule has 1 aliphatic heterocycles. The van der Waals surface area contributed by atoms with E-state index in [0.29, 0.717) is 11.3 Å². The van der Waals surface area contributed by atoms with E-state index in [0.717, 1.165) is 38.5 Å². The van der Waals surface area contributed by atoms with Gasteiger partial charge in [0.05, 0.1) is 18.3 Å². The lowest BCUT2D eigenvalue weighted by atomic mass is 10.1. The summed E-state index contributed by atoms with van der Waals surface area (Å²) >= 11 is 0. The van der Waals surface area contributed by atoms with Crippen molar-refractivity contribution in [1.82, 2.24) is 4.90 Å². The number of hydrogen-bond donors (Lipinski definition) is 2. The van der Waals surface area contributed by atoms with E-state index < -0.39 is 0 Å². The van der Waals surface area contributed by atoms with Crippen molar-refractivity contribution < 1.29 is 4.74 Å². The molecule has 2 rings (SSSR count). The van der Waals surface area contributed by atoms with E-state index >= 15 is 0 Å². The molecule has 3 N–H and O–H groups in total. The molecule has 1 fully saturated rings. The van der Waals surface area contributed by atoms with Gasteiger partial charge in [-0.2, -0.15) is 5.26 Å². The van der Waals surface area contributed by atoms with Crippen molar-refractivity contribution in [3.05, 3.63) is 23.8 Å². The topological polar surface area (TPSA) is 74.3 Å². The standard InChI is InChI=1S/C14H20N4O/c1-2-18-5-6-19-13(10-18)9-17-12-3-4-14(16)11(7-12)8-15/h3-4,7,13,17H,2,5-6,9-10,16H2,1H3. The van der Waals surface area contributed by atoms with E-state index in [9.17, 15) is 0 Å². The van der Waals surface area contributed by atoms with E-state index in [-0.39, 0.29) is 6.10 Å². The first-order valence-electron chi connectivity index (χ1n) is 6.60. The summed E-state index contributed by atoms with van der Waals surface area (Å²) in [6, 6.07) is 7.50. The summed E-state index contributed by atoms with van der Waals surface area (Å²) in [6.07, 6.45) is 0.191. The quantitative estimate of drug-likeness (QED) is 0.798. The van der Waals surface area contributed by atoms with Crippen LogP contribution >= 0.6 is 0 Å². The Morgan fingerprint density at radius 3 is 3.16 bits per heavy atom. The van der Waals surface area contributed by atoms with Crippen LogP contribution in [0.2, 0.25) is 0 Å². The normalized spacial score (nSPS) is 19.9. The summed E-state index contributed by atoms with van der Waals surface area (Å²) in [6.45, 7) is 6.70. The van der Waals surface area contributed by atoms with Crippen molar-refractivity contribution in [2.24, 2.45) is 0 Å². The summed E-state index contributed by atoms with van der Waals surface area (Å²) in [5.74, 6) is 0. The average Bonchev–Trinajstić information content (AvgIpc) is 2.46. The fraction of sp³-hybridized carbons (Fsp3) is 0.500. The molecule has 5 heteroatoms. The second-order valence-electron chi connectivity index (χ2n) is 4.68. The van der Waals surface area contributed by atoms with Gasteiger partial charge in [0.25, 0.3) is 0 Å². The monoisotopic (exact) mass is 260 g/mol. The third-order valence-corrected chi connectivity index (χ3v) is 3.38. The molecule has 1 heterocycles. The summed E-state index contributed by atoms with van der Waals surface area (Å²) in [4.78, 5) is 2.37. The van der Waals surface area contributed by atoms with Crippen LogP contribution in [0, 0.1) is 11.3 Å². The Morgan fingerprint density at radius 1 is 1.58 bits per heavy atom. The molecule has 1 unspecified atom stereocenters. The minimum Gasteiger partial charge on any atom is -0.398 e. The number of nitriles is 1. The maximum atomic E-state index is 8.94. The van der Waals surface area contributed by atoms with Crippen LogP contribution in [0.4, 0.5) is 11.4 Å². The molecule has 1 aromatic rings. The lowest BCUT2D eigenvalue weighted by molar-refractivity contribution is -0.0191. The van der Waals surface area contributed by atoms with Crippen molar-refractivity contribution in [2.45, 2.75) is 13.0 Å². The predicted octanol–water partition coefficient (Wildman–Crippen LogP) is 1.27. The molecule has 5 nitrogen and oxygen atoms in total. The SMILES string of the molecule is CCN1CCOC(CNc2ccc(N)c(C#N)c2)C1. The van der Waals surface area contributed by atoms with Crippen molar-refractivity contribution in [3.63, 3.8) is 0 Å². The molecule has 0 aromatic heterocycles. The number of morpholine rings is 1. The average molecular weight is 260 g/mol. The van der Waals surface area contributed by atoms with Gasteiger partial charge in [-0.1, -0.05) is 6.92 Å². The minimum absolute atomic E-state index is 0.191. The molecule has 0 spiro atoms. The largest absolute Gasteiger partial charge is 0.398 e. The first-order chi connectivity index (χ1) is 9.22. The number of anilines is 2. The highest BCUT2D eigenvalue weighted by molar-refractivity contribution is 5.61. The van der Waals surface area contributed by atoms with Crippen LogP contribution in [0.3, 0.4) is 0 Å². The zero-order chi connectivity index (χ0) is 13.7. The van der Waals surface area contributed by atoms with Gasteiger partial charge in [-0.25, -0.2) is 0 Å². The molecule has 1 atom stereocenters. The van der Waals surface area contributed by atoms with Crippen LogP contribution in [0.1, 0.15) is 12.5 Å². The number of likely N-dealkylation sites (N-methyl/N-ethyl adjacent to an activating group) is 1. The lowest BCUT2D eigenvalue weighted by Crippen LogP contribution is -2.45. The molecule has 0 amide bonds. The fourth-order valence-electron chi connectivity index (χ4n) is 2.19. The highest BCUT2D eigenvalue weighted by Gasteiger charge is 2.18. The Balaban J connectivity index is 1.90. The third-order valence-electron chi connectivity index (χ3n) is 3.38. The smallest absolute Gasteiger partial charge is 0.101 e. The fourth-order valence-corrected chi connectivity index (χ4v) is 2.19. The van der Waals surface area contributed by atoms with E-state index in [4.69, 9.17) is 15.7 Å². The third kappa shape index (κ3) is 3.60. The Hall–Kier alpha value is -1.77. The number of nitrogen functional groups attached to an aromatic ring is 1. The van der Waals surface area contributed by atoms with Gasteiger partial charge in [-0.15, -0.1) is 0 Å². The van der Waals surface area contributed by atoms with Crippen LogP contribution in [0.5, 0.6) is 0 Å². The van der Waals surface area contributed by atoms with Gasteiger partial charge in [0.15, 0.2) is 0 Å². The Labute approximate surface area is 114 Å². The molecule has 19 heavy (non-hydrogen) atoms. The maximum absolute atomic E-state index is 8.94. The summed E-state index contributed by atoms with van der Waals surface area (Å²) in [7, 11) is 0. The molecule has 1 saturated heterocycles. The predicted molar refractivity (Wildman–Crippen MR) is 75.9 cm³/mol. The molecular weight excluding hydrogens is 240 g/mol. The highest BCUT2D eigenvalue weighted by Crippen LogP contribution is 2.17. The molecule has 1 aromatic carbocycles. The van der Waals surface area contributed by atoms with Gasteiger partial charge in [0, 0.05) is 31.0 Å².